The molecule has 1 fully saturated rings. The van der Waals surface area contributed by atoms with Crippen molar-refractivity contribution in [1.82, 2.24) is 4.31 Å². The van der Waals surface area contributed by atoms with E-state index in [1.165, 1.54) is 27.4 Å². The molecular formula is C21H23N3O5S. The lowest BCUT2D eigenvalue weighted by molar-refractivity contribution is -0.384. The Morgan fingerprint density at radius 1 is 1.03 bits per heavy atom. The molecule has 9 heteroatoms. The van der Waals surface area contributed by atoms with Gasteiger partial charge in [-0.15, -0.1) is 0 Å². The molecule has 0 unspecified atom stereocenters. The third-order valence-corrected chi connectivity index (χ3v) is 7.71. The van der Waals surface area contributed by atoms with E-state index >= 15 is 0 Å². The zero-order valence-corrected chi connectivity index (χ0v) is 17.5. The summed E-state index contributed by atoms with van der Waals surface area (Å²) in [6.45, 7) is 3.14. The van der Waals surface area contributed by atoms with Gasteiger partial charge in [0, 0.05) is 37.3 Å². The van der Waals surface area contributed by atoms with Gasteiger partial charge in [-0.2, -0.15) is 4.31 Å². The first-order chi connectivity index (χ1) is 14.3. The average molecular weight is 429 g/mol. The van der Waals surface area contributed by atoms with E-state index in [9.17, 15) is 23.3 Å². The Balaban J connectivity index is 1.69. The Morgan fingerprint density at radius 2 is 1.77 bits per heavy atom. The first-order valence-electron chi connectivity index (χ1n) is 9.99. The molecule has 2 aromatic carbocycles. The Hall–Kier alpha value is -2.78. The summed E-state index contributed by atoms with van der Waals surface area (Å²) in [5.41, 5.74) is 2.26. The van der Waals surface area contributed by atoms with Gasteiger partial charge < -0.3 is 4.90 Å². The number of anilines is 1. The second kappa shape index (κ2) is 7.81. The zero-order chi connectivity index (χ0) is 21.5. The molecule has 0 bridgehead atoms. The van der Waals surface area contributed by atoms with Crippen molar-refractivity contribution in [3.63, 3.8) is 0 Å². The molecule has 2 aliphatic rings. The van der Waals surface area contributed by atoms with Gasteiger partial charge in [-0.3, -0.25) is 14.9 Å². The third kappa shape index (κ3) is 3.59. The fraction of sp³-hybridized carbons (Fsp3) is 0.381. The fourth-order valence-electron chi connectivity index (χ4n) is 4.08. The number of hydrogen-bond donors (Lipinski definition) is 0. The minimum absolute atomic E-state index is 0.0772. The molecule has 8 nitrogen and oxygen atoms in total. The molecule has 0 atom stereocenters. The second-order valence-electron chi connectivity index (χ2n) is 7.72. The average Bonchev–Trinajstić information content (AvgIpc) is 3.17. The normalized spacial score (nSPS) is 17.0. The lowest BCUT2D eigenvalue weighted by Crippen LogP contribution is -2.36. The SMILES string of the molecule is Cc1ccc(S(=O)(=O)N2CCCCC2)cc1C(=O)N1CCc2ccc([N+](=O)[O-])cc21. The fourth-order valence-corrected chi connectivity index (χ4v) is 5.63. The van der Waals surface area contributed by atoms with Gasteiger partial charge in [0.05, 0.1) is 15.5 Å². The van der Waals surface area contributed by atoms with Gasteiger partial charge in [-0.25, -0.2) is 8.42 Å². The molecule has 0 aliphatic carbocycles. The van der Waals surface area contributed by atoms with Crippen molar-refractivity contribution in [3.05, 3.63) is 63.2 Å². The molecule has 0 radical (unpaired) electrons. The van der Waals surface area contributed by atoms with Gasteiger partial charge >= 0.3 is 0 Å². The molecule has 2 aromatic rings. The minimum Gasteiger partial charge on any atom is -0.307 e. The molecule has 30 heavy (non-hydrogen) atoms. The van der Waals surface area contributed by atoms with Crippen LogP contribution in [0.4, 0.5) is 11.4 Å². The predicted octanol–water partition coefficient (Wildman–Crippen LogP) is 3.28. The number of sulfonamides is 1. The van der Waals surface area contributed by atoms with Crippen molar-refractivity contribution >= 4 is 27.3 Å². The van der Waals surface area contributed by atoms with Crippen molar-refractivity contribution in [3.8, 4) is 0 Å². The van der Waals surface area contributed by atoms with Crippen LogP contribution in [0.25, 0.3) is 0 Å². The number of nitro groups is 1. The molecule has 158 valence electrons. The van der Waals surface area contributed by atoms with Gasteiger partial charge in [0.2, 0.25) is 10.0 Å². The van der Waals surface area contributed by atoms with Crippen LogP contribution in [0, 0.1) is 17.0 Å². The van der Waals surface area contributed by atoms with E-state index in [0.717, 1.165) is 24.8 Å². The highest BCUT2D eigenvalue weighted by molar-refractivity contribution is 7.89. The number of carbonyl (C=O) groups is 1. The minimum atomic E-state index is -3.66. The molecule has 0 aromatic heterocycles. The monoisotopic (exact) mass is 429 g/mol. The van der Waals surface area contributed by atoms with Crippen molar-refractivity contribution in [1.29, 1.82) is 0 Å². The smallest absolute Gasteiger partial charge is 0.271 e. The van der Waals surface area contributed by atoms with E-state index in [4.69, 9.17) is 0 Å². The van der Waals surface area contributed by atoms with E-state index in [2.05, 4.69) is 0 Å². The molecule has 2 heterocycles. The van der Waals surface area contributed by atoms with Gasteiger partial charge in [-0.1, -0.05) is 18.6 Å². The highest BCUT2D eigenvalue weighted by atomic mass is 32.2. The van der Waals surface area contributed by atoms with Crippen LogP contribution in [0.5, 0.6) is 0 Å². The third-order valence-electron chi connectivity index (χ3n) is 5.81. The van der Waals surface area contributed by atoms with Gasteiger partial charge in [0.15, 0.2) is 0 Å². The number of hydrogen-bond acceptors (Lipinski definition) is 5. The van der Waals surface area contributed by atoms with Crippen LogP contribution in [0.2, 0.25) is 0 Å². The second-order valence-corrected chi connectivity index (χ2v) is 9.66. The lowest BCUT2D eigenvalue weighted by Gasteiger charge is -2.26. The molecule has 1 saturated heterocycles. The Kier molecular flexibility index (Phi) is 5.33. The maximum Gasteiger partial charge on any atom is 0.271 e. The number of benzene rings is 2. The van der Waals surface area contributed by atoms with Crippen LogP contribution >= 0.6 is 0 Å². The van der Waals surface area contributed by atoms with Crippen LogP contribution in [-0.2, 0) is 16.4 Å². The van der Waals surface area contributed by atoms with E-state index in [-0.39, 0.29) is 16.5 Å². The Labute approximate surface area is 175 Å². The summed E-state index contributed by atoms with van der Waals surface area (Å²) in [6, 6.07) is 9.14. The number of amides is 1. The highest BCUT2D eigenvalue weighted by Gasteiger charge is 2.31. The van der Waals surface area contributed by atoms with E-state index in [1.807, 2.05) is 0 Å². The summed E-state index contributed by atoms with van der Waals surface area (Å²) in [6.07, 6.45) is 3.29. The first kappa shape index (κ1) is 20.5. The molecule has 0 saturated carbocycles. The molecule has 1 amide bonds. The molecule has 0 spiro atoms. The van der Waals surface area contributed by atoms with E-state index in [0.29, 0.717) is 42.9 Å². The number of nitro benzene ring substituents is 1. The summed E-state index contributed by atoms with van der Waals surface area (Å²) in [4.78, 5) is 25.6. The molecule has 0 N–H and O–H groups in total. The standard InChI is InChI=1S/C21H23N3O5S/c1-15-5-8-18(30(28,29)22-10-3-2-4-11-22)14-19(15)21(25)23-12-9-16-6-7-17(24(26)27)13-20(16)23/h5-8,13-14H,2-4,9-12H2,1H3. The zero-order valence-electron chi connectivity index (χ0n) is 16.7. The van der Waals surface area contributed by atoms with Gasteiger partial charge in [0.25, 0.3) is 11.6 Å². The topological polar surface area (TPSA) is 101 Å². The molecular weight excluding hydrogens is 406 g/mol. The van der Waals surface area contributed by atoms with Crippen LogP contribution in [0.1, 0.15) is 40.7 Å². The van der Waals surface area contributed by atoms with Crippen LogP contribution in [0.15, 0.2) is 41.3 Å². The number of non-ortho nitro benzene ring substituents is 1. The summed E-state index contributed by atoms with van der Waals surface area (Å²) < 4.78 is 27.6. The number of piperidine rings is 1. The summed E-state index contributed by atoms with van der Waals surface area (Å²) in [7, 11) is -3.66. The largest absolute Gasteiger partial charge is 0.307 e. The van der Waals surface area contributed by atoms with Crippen LogP contribution in [0.3, 0.4) is 0 Å². The number of rotatable bonds is 4. The summed E-state index contributed by atoms with van der Waals surface area (Å²) >= 11 is 0. The Bertz CT molecular complexity index is 1120. The number of fused-ring (bicyclic) bond motifs is 1. The molecule has 4 rings (SSSR count). The number of aryl methyl sites for hydroxylation is 1. The Morgan fingerprint density at radius 3 is 2.47 bits per heavy atom. The van der Waals surface area contributed by atoms with Crippen molar-refractivity contribution < 1.29 is 18.1 Å². The summed E-state index contributed by atoms with van der Waals surface area (Å²) in [5, 5.41) is 11.1. The quantitative estimate of drug-likeness (QED) is 0.548. The van der Waals surface area contributed by atoms with Crippen molar-refractivity contribution in [2.24, 2.45) is 0 Å². The number of carbonyl (C=O) groups excluding carboxylic acids is 1. The van der Waals surface area contributed by atoms with E-state index in [1.54, 1.807) is 25.1 Å². The van der Waals surface area contributed by atoms with Crippen molar-refractivity contribution in [2.75, 3.05) is 24.5 Å². The maximum absolute atomic E-state index is 13.3. The van der Waals surface area contributed by atoms with Crippen LogP contribution in [-0.4, -0.2) is 43.2 Å². The van der Waals surface area contributed by atoms with E-state index < -0.39 is 14.9 Å². The van der Waals surface area contributed by atoms with Crippen LogP contribution < -0.4 is 4.90 Å². The summed E-state index contributed by atoms with van der Waals surface area (Å²) in [5.74, 6) is -0.345. The first-order valence-corrected chi connectivity index (χ1v) is 11.4. The van der Waals surface area contributed by atoms with Gasteiger partial charge in [0.1, 0.15) is 0 Å². The lowest BCUT2D eigenvalue weighted by atomic mass is 10.1. The highest BCUT2D eigenvalue weighted by Crippen LogP contribution is 2.33. The maximum atomic E-state index is 13.3. The predicted molar refractivity (Wildman–Crippen MR) is 112 cm³/mol. The number of nitrogens with zero attached hydrogens (tertiary/aromatic N) is 3. The molecule has 2 aliphatic heterocycles. The van der Waals surface area contributed by atoms with Gasteiger partial charge in [-0.05, 0) is 49.4 Å². The van der Waals surface area contributed by atoms with Crippen molar-refractivity contribution in [2.45, 2.75) is 37.5 Å².